The third-order valence-corrected chi connectivity index (χ3v) is 2.23. The Balaban J connectivity index is 1.77. The summed E-state index contributed by atoms with van der Waals surface area (Å²) in [6, 6.07) is 0. The summed E-state index contributed by atoms with van der Waals surface area (Å²) < 4.78 is 5.25. The Morgan fingerprint density at radius 2 is 2.71 bits per heavy atom. The zero-order valence-electron chi connectivity index (χ0n) is 7.82. The Bertz CT molecular complexity index is 291. The number of aromatic amines is 1. The number of nitrogens with zero attached hydrogens (tertiary/aromatic N) is 1. The summed E-state index contributed by atoms with van der Waals surface area (Å²) >= 11 is 0. The van der Waals surface area contributed by atoms with Crippen LogP contribution in [0.15, 0.2) is 12.5 Å². The molecular weight excluding hydrogens is 182 g/mol. The van der Waals surface area contributed by atoms with Gasteiger partial charge in [0.25, 0.3) is 0 Å². The Morgan fingerprint density at radius 1 is 1.79 bits per heavy atom. The molecule has 0 aliphatic carbocycles. The van der Waals surface area contributed by atoms with Gasteiger partial charge in [-0.2, -0.15) is 0 Å². The zero-order valence-corrected chi connectivity index (χ0v) is 7.82. The van der Waals surface area contributed by atoms with E-state index in [1.165, 1.54) is 0 Å². The highest BCUT2D eigenvalue weighted by Crippen LogP contribution is 2.11. The summed E-state index contributed by atoms with van der Waals surface area (Å²) in [4.78, 5) is 18.2. The third-order valence-electron chi connectivity index (χ3n) is 2.23. The molecule has 2 N–H and O–H groups in total. The molecule has 5 nitrogen and oxygen atoms in total. The predicted octanol–water partition coefficient (Wildman–Crippen LogP) is 0.205. The van der Waals surface area contributed by atoms with E-state index in [9.17, 15) is 4.79 Å². The van der Waals surface area contributed by atoms with Gasteiger partial charge in [0.2, 0.25) is 5.91 Å². The third kappa shape index (κ3) is 2.11. The lowest BCUT2D eigenvalue weighted by atomic mass is 10.2. The first-order valence-electron chi connectivity index (χ1n) is 4.73. The van der Waals surface area contributed by atoms with Crippen molar-refractivity contribution >= 4 is 5.91 Å². The highest BCUT2D eigenvalue weighted by atomic mass is 16.5. The lowest BCUT2D eigenvalue weighted by molar-refractivity contribution is -0.130. The zero-order chi connectivity index (χ0) is 9.80. The van der Waals surface area contributed by atoms with Gasteiger partial charge in [0, 0.05) is 12.8 Å². The number of ether oxygens (including phenoxy) is 1. The number of nitrogens with one attached hydrogen (secondary N) is 2. The second kappa shape index (κ2) is 4.23. The molecular formula is C9H13N3O2. The minimum absolute atomic E-state index is 0.0305. The van der Waals surface area contributed by atoms with Crippen LogP contribution in [0.2, 0.25) is 0 Å². The van der Waals surface area contributed by atoms with Gasteiger partial charge in [0.15, 0.2) is 0 Å². The molecule has 1 aliphatic heterocycles. The van der Waals surface area contributed by atoms with Gasteiger partial charge in [-0.05, 0) is 12.8 Å². The molecule has 2 rings (SSSR count). The highest BCUT2D eigenvalue weighted by molar-refractivity contribution is 5.80. The van der Waals surface area contributed by atoms with E-state index in [0.29, 0.717) is 13.2 Å². The normalized spacial score (nSPS) is 21.0. The van der Waals surface area contributed by atoms with Crippen LogP contribution in [-0.4, -0.2) is 28.6 Å². The molecule has 5 heteroatoms. The topological polar surface area (TPSA) is 67.0 Å². The smallest absolute Gasteiger partial charge is 0.249 e. The molecule has 1 aromatic heterocycles. The summed E-state index contributed by atoms with van der Waals surface area (Å²) in [5.41, 5.74) is 0.899. The Hall–Kier alpha value is -1.36. The summed E-state index contributed by atoms with van der Waals surface area (Å²) in [6.45, 7) is 1.18. The molecule has 0 bridgehead atoms. The molecule has 2 heterocycles. The molecule has 0 saturated carbocycles. The van der Waals surface area contributed by atoms with Crippen LogP contribution in [0.5, 0.6) is 0 Å². The van der Waals surface area contributed by atoms with Gasteiger partial charge in [0.05, 0.1) is 18.6 Å². The SMILES string of the molecule is O=C(NCc1cnc[nH]1)C1CCCO1. The first-order valence-corrected chi connectivity index (χ1v) is 4.73. The molecule has 0 radical (unpaired) electrons. The van der Waals surface area contributed by atoms with Crippen LogP contribution in [-0.2, 0) is 16.1 Å². The number of hydrogen-bond acceptors (Lipinski definition) is 3. The highest BCUT2D eigenvalue weighted by Gasteiger charge is 2.22. The molecule has 1 aliphatic rings. The van der Waals surface area contributed by atoms with E-state index >= 15 is 0 Å². The first-order chi connectivity index (χ1) is 6.86. The quantitative estimate of drug-likeness (QED) is 0.724. The van der Waals surface area contributed by atoms with Gasteiger partial charge >= 0.3 is 0 Å². The Labute approximate surface area is 81.9 Å². The van der Waals surface area contributed by atoms with Gasteiger partial charge < -0.3 is 15.0 Å². The van der Waals surface area contributed by atoms with E-state index < -0.39 is 0 Å². The van der Waals surface area contributed by atoms with E-state index in [1.54, 1.807) is 12.5 Å². The minimum atomic E-state index is -0.252. The van der Waals surface area contributed by atoms with Crippen molar-refractivity contribution in [1.82, 2.24) is 15.3 Å². The van der Waals surface area contributed by atoms with E-state index in [2.05, 4.69) is 15.3 Å². The van der Waals surface area contributed by atoms with Crippen molar-refractivity contribution in [3.8, 4) is 0 Å². The van der Waals surface area contributed by atoms with Gasteiger partial charge in [-0.15, -0.1) is 0 Å². The number of amides is 1. The van der Waals surface area contributed by atoms with Crippen LogP contribution in [0, 0.1) is 0 Å². The second-order valence-electron chi connectivity index (χ2n) is 3.30. The van der Waals surface area contributed by atoms with Crippen LogP contribution >= 0.6 is 0 Å². The van der Waals surface area contributed by atoms with Crippen molar-refractivity contribution in [3.05, 3.63) is 18.2 Å². The number of H-pyrrole nitrogens is 1. The number of imidazole rings is 1. The predicted molar refractivity (Wildman–Crippen MR) is 49.4 cm³/mol. The summed E-state index contributed by atoms with van der Waals surface area (Å²) in [5.74, 6) is -0.0305. The molecule has 14 heavy (non-hydrogen) atoms. The van der Waals surface area contributed by atoms with Crippen molar-refractivity contribution in [2.75, 3.05) is 6.61 Å². The number of rotatable bonds is 3. The maximum Gasteiger partial charge on any atom is 0.249 e. The van der Waals surface area contributed by atoms with Gasteiger partial charge in [-0.1, -0.05) is 0 Å². The molecule has 1 atom stereocenters. The number of carbonyl (C=O) groups excluding carboxylic acids is 1. The largest absolute Gasteiger partial charge is 0.368 e. The lowest BCUT2D eigenvalue weighted by Gasteiger charge is -2.08. The van der Waals surface area contributed by atoms with Gasteiger partial charge in [-0.3, -0.25) is 4.79 Å². The number of hydrogen-bond donors (Lipinski definition) is 2. The lowest BCUT2D eigenvalue weighted by Crippen LogP contribution is -2.33. The first kappa shape index (κ1) is 9.21. The number of carbonyl (C=O) groups is 1. The molecule has 1 amide bonds. The fourth-order valence-electron chi connectivity index (χ4n) is 1.46. The van der Waals surface area contributed by atoms with Crippen LogP contribution in [0.3, 0.4) is 0 Å². The maximum atomic E-state index is 11.5. The minimum Gasteiger partial charge on any atom is -0.368 e. The van der Waals surface area contributed by atoms with Crippen molar-refractivity contribution in [2.24, 2.45) is 0 Å². The fraction of sp³-hybridized carbons (Fsp3) is 0.556. The van der Waals surface area contributed by atoms with E-state index in [0.717, 1.165) is 18.5 Å². The Kier molecular flexibility index (Phi) is 2.78. The molecule has 0 aromatic carbocycles. The monoisotopic (exact) mass is 195 g/mol. The van der Waals surface area contributed by atoms with Crippen LogP contribution in [0.25, 0.3) is 0 Å². The molecule has 0 spiro atoms. The van der Waals surface area contributed by atoms with Gasteiger partial charge in [-0.25, -0.2) is 4.98 Å². The fourth-order valence-corrected chi connectivity index (χ4v) is 1.46. The number of aromatic nitrogens is 2. The van der Waals surface area contributed by atoms with E-state index in [4.69, 9.17) is 4.74 Å². The summed E-state index contributed by atoms with van der Waals surface area (Å²) in [7, 11) is 0. The summed E-state index contributed by atoms with van der Waals surface area (Å²) in [5, 5.41) is 2.79. The van der Waals surface area contributed by atoms with Crippen molar-refractivity contribution in [1.29, 1.82) is 0 Å². The molecule has 1 unspecified atom stereocenters. The average molecular weight is 195 g/mol. The van der Waals surface area contributed by atoms with E-state index in [-0.39, 0.29) is 12.0 Å². The summed E-state index contributed by atoms with van der Waals surface area (Å²) in [6.07, 6.45) is 4.83. The van der Waals surface area contributed by atoms with Crippen molar-refractivity contribution in [2.45, 2.75) is 25.5 Å². The second-order valence-corrected chi connectivity index (χ2v) is 3.30. The van der Waals surface area contributed by atoms with Crippen LogP contribution in [0.4, 0.5) is 0 Å². The van der Waals surface area contributed by atoms with Gasteiger partial charge in [0.1, 0.15) is 6.10 Å². The average Bonchev–Trinajstić information content (AvgIpc) is 2.87. The Morgan fingerprint density at radius 3 is 3.36 bits per heavy atom. The van der Waals surface area contributed by atoms with E-state index in [1.807, 2.05) is 0 Å². The van der Waals surface area contributed by atoms with Crippen molar-refractivity contribution in [3.63, 3.8) is 0 Å². The van der Waals surface area contributed by atoms with Crippen LogP contribution in [0.1, 0.15) is 18.5 Å². The maximum absolute atomic E-state index is 11.5. The standard InChI is InChI=1S/C9H13N3O2/c13-9(8-2-1-3-14-8)11-5-7-4-10-6-12-7/h4,6,8H,1-3,5H2,(H,10,12)(H,11,13). The molecule has 1 aromatic rings. The van der Waals surface area contributed by atoms with Crippen molar-refractivity contribution < 1.29 is 9.53 Å². The molecule has 76 valence electrons. The van der Waals surface area contributed by atoms with Crippen LogP contribution < -0.4 is 5.32 Å². The molecule has 1 saturated heterocycles. The molecule has 1 fully saturated rings.